The second kappa shape index (κ2) is 2.91. The molecule has 0 aromatic heterocycles. The topological polar surface area (TPSA) is 26.0 Å². The molecule has 0 aliphatic heterocycles. The monoisotopic (exact) mass is 173 g/mol. The summed E-state index contributed by atoms with van der Waals surface area (Å²) in [6.07, 6.45) is 3.67. The SMILES string of the molecule is C=C(C)c1cc2c(cc1N)CCC2. The summed E-state index contributed by atoms with van der Waals surface area (Å²) in [5.41, 5.74) is 11.9. The van der Waals surface area contributed by atoms with Crippen LogP contribution in [0.25, 0.3) is 5.57 Å². The Bertz CT molecular complexity index is 364. The van der Waals surface area contributed by atoms with Crippen LogP contribution in [-0.4, -0.2) is 0 Å². The molecule has 13 heavy (non-hydrogen) atoms. The molecule has 0 fully saturated rings. The fourth-order valence-corrected chi connectivity index (χ4v) is 2.01. The zero-order valence-corrected chi connectivity index (χ0v) is 8.06. The molecule has 0 atom stereocenters. The van der Waals surface area contributed by atoms with Crippen LogP contribution in [-0.2, 0) is 12.8 Å². The van der Waals surface area contributed by atoms with Gasteiger partial charge in [0.1, 0.15) is 0 Å². The van der Waals surface area contributed by atoms with E-state index in [0.717, 1.165) is 16.8 Å². The summed E-state index contributed by atoms with van der Waals surface area (Å²) in [6.45, 7) is 5.94. The summed E-state index contributed by atoms with van der Waals surface area (Å²) < 4.78 is 0. The number of allylic oxidation sites excluding steroid dienone is 1. The van der Waals surface area contributed by atoms with Crippen molar-refractivity contribution >= 4 is 11.3 Å². The van der Waals surface area contributed by atoms with E-state index < -0.39 is 0 Å². The number of rotatable bonds is 1. The van der Waals surface area contributed by atoms with Crippen molar-refractivity contribution in [2.24, 2.45) is 0 Å². The molecule has 0 heterocycles. The highest BCUT2D eigenvalue weighted by atomic mass is 14.6. The summed E-state index contributed by atoms with van der Waals surface area (Å²) in [7, 11) is 0. The van der Waals surface area contributed by atoms with Crippen molar-refractivity contribution in [1.29, 1.82) is 0 Å². The number of nitrogen functional groups attached to an aromatic ring is 1. The first kappa shape index (κ1) is 8.36. The van der Waals surface area contributed by atoms with Crippen LogP contribution >= 0.6 is 0 Å². The van der Waals surface area contributed by atoms with Crippen LogP contribution in [0.2, 0.25) is 0 Å². The van der Waals surface area contributed by atoms with Crippen molar-refractivity contribution in [1.82, 2.24) is 0 Å². The van der Waals surface area contributed by atoms with Gasteiger partial charge in [0.25, 0.3) is 0 Å². The van der Waals surface area contributed by atoms with Gasteiger partial charge in [-0.25, -0.2) is 0 Å². The largest absolute Gasteiger partial charge is 0.398 e. The van der Waals surface area contributed by atoms with Gasteiger partial charge in [0, 0.05) is 5.69 Å². The molecule has 0 saturated heterocycles. The first-order chi connectivity index (χ1) is 6.18. The average molecular weight is 173 g/mol. The predicted octanol–water partition coefficient (Wildman–Crippen LogP) is 2.79. The normalized spacial score (nSPS) is 14.2. The molecule has 2 N–H and O–H groups in total. The number of hydrogen-bond donors (Lipinski definition) is 1. The van der Waals surface area contributed by atoms with E-state index in [0.29, 0.717) is 0 Å². The third-order valence-corrected chi connectivity index (χ3v) is 2.72. The van der Waals surface area contributed by atoms with E-state index in [1.807, 2.05) is 6.92 Å². The van der Waals surface area contributed by atoms with Gasteiger partial charge in [-0.15, -0.1) is 0 Å². The maximum atomic E-state index is 5.93. The summed E-state index contributed by atoms with van der Waals surface area (Å²) in [5.74, 6) is 0. The third-order valence-electron chi connectivity index (χ3n) is 2.72. The number of hydrogen-bond acceptors (Lipinski definition) is 1. The second-order valence-electron chi connectivity index (χ2n) is 3.84. The molecule has 0 radical (unpaired) electrons. The van der Waals surface area contributed by atoms with E-state index >= 15 is 0 Å². The maximum Gasteiger partial charge on any atom is 0.0393 e. The van der Waals surface area contributed by atoms with Gasteiger partial charge in [0.05, 0.1) is 0 Å². The molecule has 1 aromatic carbocycles. The number of fused-ring (bicyclic) bond motifs is 1. The minimum absolute atomic E-state index is 0.883. The number of anilines is 1. The molecule has 0 amide bonds. The lowest BCUT2D eigenvalue weighted by Gasteiger charge is -2.08. The van der Waals surface area contributed by atoms with Crippen molar-refractivity contribution in [3.05, 3.63) is 35.4 Å². The molecule has 0 spiro atoms. The zero-order valence-electron chi connectivity index (χ0n) is 8.06. The molecule has 1 aromatic rings. The van der Waals surface area contributed by atoms with Crippen molar-refractivity contribution in [3.8, 4) is 0 Å². The van der Waals surface area contributed by atoms with Crippen LogP contribution < -0.4 is 5.73 Å². The van der Waals surface area contributed by atoms with Gasteiger partial charge in [-0.05, 0) is 60.6 Å². The van der Waals surface area contributed by atoms with Gasteiger partial charge >= 0.3 is 0 Å². The van der Waals surface area contributed by atoms with Crippen molar-refractivity contribution in [3.63, 3.8) is 0 Å². The first-order valence-corrected chi connectivity index (χ1v) is 4.75. The minimum atomic E-state index is 0.883. The summed E-state index contributed by atoms with van der Waals surface area (Å²) in [6, 6.07) is 4.33. The summed E-state index contributed by atoms with van der Waals surface area (Å²) >= 11 is 0. The molecule has 0 unspecified atom stereocenters. The fourth-order valence-electron chi connectivity index (χ4n) is 2.01. The van der Waals surface area contributed by atoms with E-state index in [9.17, 15) is 0 Å². The summed E-state index contributed by atoms with van der Waals surface area (Å²) in [4.78, 5) is 0. The maximum absolute atomic E-state index is 5.93. The molecular formula is C12H15N. The Morgan fingerprint density at radius 2 is 1.92 bits per heavy atom. The summed E-state index contributed by atoms with van der Waals surface area (Å²) in [5, 5.41) is 0. The van der Waals surface area contributed by atoms with E-state index in [1.165, 1.54) is 30.4 Å². The predicted molar refractivity (Wildman–Crippen MR) is 57.6 cm³/mol. The number of benzene rings is 1. The van der Waals surface area contributed by atoms with Gasteiger partial charge in [0.15, 0.2) is 0 Å². The molecular weight excluding hydrogens is 158 g/mol. The fraction of sp³-hybridized carbons (Fsp3) is 0.333. The van der Waals surface area contributed by atoms with Crippen LogP contribution in [0.3, 0.4) is 0 Å². The average Bonchev–Trinajstić information content (AvgIpc) is 2.48. The molecule has 68 valence electrons. The smallest absolute Gasteiger partial charge is 0.0393 e. The van der Waals surface area contributed by atoms with Gasteiger partial charge < -0.3 is 5.73 Å². The van der Waals surface area contributed by atoms with E-state index in [-0.39, 0.29) is 0 Å². The van der Waals surface area contributed by atoms with E-state index in [1.54, 1.807) is 0 Å². The Kier molecular flexibility index (Phi) is 1.87. The molecule has 1 aliphatic rings. The Labute approximate surface area is 79.3 Å². The lowest BCUT2D eigenvalue weighted by molar-refractivity contribution is 0.912. The number of aryl methyl sites for hydroxylation is 2. The number of nitrogens with two attached hydrogens (primary N) is 1. The first-order valence-electron chi connectivity index (χ1n) is 4.75. The Hall–Kier alpha value is -1.24. The standard InChI is InChI=1S/C12H15N/c1-8(2)11-6-9-4-3-5-10(9)7-12(11)13/h6-7H,1,3-5,13H2,2H3. The van der Waals surface area contributed by atoms with Gasteiger partial charge in [0.2, 0.25) is 0 Å². The van der Waals surface area contributed by atoms with Crippen LogP contribution in [0.5, 0.6) is 0 Å². The van der Waals surface area contributed by atoms with Crippen LogP contribution in [0, 0.1) is 0 Å². The van der Waals surface area contributed by atoms with Crippen molar-refractivity contribution < 1.29 is 0 Å². The van der Waals surface area contributed by atoms with Gasteiger partial charge in [-0.1, -0.05) is 6.58 Å². The molecule has 2 rings (SSSR count). The third kappa shape index (κ3) is 1.35. The molecule has 0 saturated carbocycles. The van der Waals surface area contributed by atoms with E-state index in [4.69, 9.17) is 5.73 Å². The molecule has 0 bridgehead atoms. The molecule has 1 heteroatoms. The van der Waals surface area contributed by atoms with E-state index in [2.05, 4.69) is 18.7 Å². The second-order valence-corrected chi connectivity index (χ2v) is 3.84. The highest BCUT2D eigenvalue weighted by molar-refractivity contribution is 5.74. The molecule has 1 aliphatic carbocycles. The van der Waals surface area contributed by atoms with Crippen LogP contribution in [0.4, 0.5) is 5.69 Å². The van der Waals surface area contributed by atoms with Gasteiger partial charge in [-0.2, -0.15) is 0 Å². The van der Waals surface area contributed by atoms with Gasteiger partial charge in [-0.3, -0.25) is 0 Å². The van der Waals surface area contributed by atoms with Crippen LogP contribution in [0.15, 0.2) is 18.7 Å². The highest BCUT2D eigenvalue weighted by Crippen LogP contribution is 2.29. The Morgan fingerprint density at radius 3 is 2.54 bits per heavy atom. The van der Waals surface area contributed by atoms with Crippen LogP contribution in [0.1, 0.15) is 30.0 Å². The lowest BCUT2D eigenvalue weighted by atomic mass is 10.0. The lowest BCUT2D eigenvalue weighted by Crippen LogP contribution is -1.95. The molecule has 1 nitrogen and oxygen atoms in total. The Morgan fingerprint density at radius 1 is 1.31 bits per heavy atom. The van der Waals surface area contributed by atoms with Crippen molar-refractivity contribution in [2.75, 3.05) is 5.73 Å². The minimum Gasteiger partial charge on any atom is -0.398 e. The zero-order chi connectivity index (χ0) is 9.42. The van der Waals surface area contributed by atoms with Crippen molar-refractivity contribution in [2.45, 2.75) is 26.2 Å². The quantitative estimate of drug-likeness (QED) is 0.649. The highest BCUT2D eigenvalue weighted by Gasteiger charge is 2.13. The Balaban J connectivity index is 2.55.